The Hall–Kier alpha value is -0.940. The first-order valence-corrected chi connectivity index (χ1v) is 5.98. The van der Waals surface area contributed by atoms with E-state index < -0.39 is 0 Å². The van der Waals surface area contributed by atoms with E-state index in [1.165, 1.54) is 13.0 Å². The predicted molar refractivity (Wildman–Crippen MR) is 61.0 cm³/mol. The van der Waals surface area contributed by atoms with Crippen LogP contribution in [0.1, 0.15) is 24.6 Å². The van der Waals surface area contributed by atoms with E-state index in [0.29, 0.717) is 12.5 Å². The summed E-state index contributed by atoms with van der Waals surface area (Å²) >= 11 is 0. The number of hydrogen-bond acceptors (Lipinski definition) is 5. The molecule has 1 fully saturated rings. The van der Waals surface area contributed by atoms with Gasteiger partial charge in [-0.25, -0.2) is 0 Å². The summed E-state index contributed by atoms with van der Waals surface area (Å²) in [5.74, 6) is 2.26. The molecule has 1 saturated heterocycles. The Morgan fingerprint density at radius 3 is 3.12 bits per heavy atom. The number of likely N-dealkylation sites (tertiary alicyclic amines) is 1. The van der Waals surface area contributed by atoms with Gasteiger partial charge in [0, 0.05) is 19.4 Å². The molecular formula is C11H20N4O. The lowest BCUT2D eigenvalue weighted by atomic mass is 10.1. The second-order valence-electron chi connectivity index (χ2n) is 4.62. The third kappa shape index (κ3) is 3.02. The van der Waals surface area contributed by atoms with Crippen LogP contribution in [0.5, 0.6) is 0 Å². The van der Waals surface area contributed by atoms with E-state index in [1.807, 2.05) is 0 Å². The van der Waals surface area contributed by atoms with Crippen molar-refractivity contribution in [3.63, 3.8) is 0 Å². The van der Waals surface area contributed by atoms with Gasteiger partial charge in [-0.3, -0.25) is 0 Å². The summed E-state index contributed by atoms with van der Waals surface area (Å²) in [5.41, 5.74) is 5.44. The number of aryl methyl sites for hydroxylation is 1. The molecule has 0 radical (unpaired) electrons. The number of nitrogens with zero attached hydrogens (tertiary/aromatic N) is 3. The van der Waals surface area contributed by atoms with Crippen molar-refractivity contribution in [2.75, 3.05) is 26.7 Å². The molecule has 1 atom stereocenters. The molecule has 0 aliphatic carbocycles. The summed E-state index contributed by atoms with van der Waals surface area (Å²) in [6.07, 6.45) is 3.90. The van der Waals surface area contributed by atoms with Gasteiger partial charge in [-0.05, 0) is 38.9 Å². The van der Waals surface area contributed by atoms with Gasteiger partial charge in [-0.15, -0.1) is 0 Å². The highest BCUT2D eigenvalue weighted by Gasteiger charge is 2.22. The Morgan fingerprint density at radius 1 is 1.56 bits per heavy atom. The van der Waals surface area contributed by atoms with Gasteiger partial charge in [-0.1, -0.05) is 5.16 Å². The molecule has 2 heterocycles. The molecule has 1 aliphatic heterocycles. The number of aromatic nitrogens is 2. The van der Waals surface area contributed by atoms with Crippen LogP contribution < -0.4 is 5.73 Å². The van der Waals surface area contributed by atoms with Crippen molar-refractivity contribution in [3.8, 4) is 0 Å². The fourth-order valence-corrected chi connectivity index (χ4v) is 2.17. The highest BCUT2D eigenvalue weighted by molar-refractivity contribution is 4.90. The van der Waals surface area contributed by atoms with Crippen molar-refractivity contribution in [1.29, 1.82) is 0 Å². The molecule has 1 aromatic heterocycles. The fraction of sp³-hybridized carbons (Fsp3) is 0.818. The zero-order chi connectivity index (χ0) is 11.4. The van der Waals surface area contributed by atoms with E-state index in [-0.39, 0.29) is 0 Å². The maximum Gasteiger partial charge on any atom is 0.226 e. The quantitative estimate of drug-likeness (QED) is 0.786. The molecule has 90 valence electrons. The zero-order valence-electron chi connectivity index (χ0n) is 9.85. The molecule has 5 heteroatoms. The molecule has 2 rings (SSSR count). The summed E-state index contributed by atoms with van der Waals surface area (Å²) in [6, 6.07) is 0. The predicted octanol–water partition coefficient (Wildman–Crippen LogP) is 0.455. The first kappa shape index (κ1) is 11.5. The first-order valence-electron chi connectivity index (χ1n) is 5.98. The van der Waals surface area contributed by atoms with Gasteiger partial charge in [-0.2, -0.15) is 4.98 Å². The molecule has 0 aromatic carbocycles. The van der Waals surface area contributed by atoms with Crippen LogP contribution in [0, 0.1) is 5.92 Å². The molecule has 16 heavy (non-hydrogen) atoms. The minimum atomic E-state index is 0.674. The topological polar surface area (TPSA) is 68.2 Å². The van der Waals surface area contributed by atoms with Gasteiger partial charge in [0.2, 0.25) is 5.89 Å². The molecular weight excluding hydrogens is 204 g/mol. The molecule has 0 spiro atoms. The van der Waals surface area contributed by atoms with E-state index in [0.717, 1.165) is 37.5 Å². The van der Waals surface area contributed by atoms with Crippen LogP contribution in [0.3, 0.4) is 0 Å². The molecule has 1 aromatic rings. The van der Waals surface area contributed by atoms with Crippen LogP contribution in [0.15, 0.2) is 4.52 Å². The Kier molecular flexibility index (Phi) is 3.90. The van der Waals surface area contributed by atoms with E-state index in [1.54, 1.807) is 0 Å². The van der Waals surface area contributed by atoms with Gasteiger partial charge in [0.1, 0.15) is 0 Å². The van der Waals surface area contributed by atoms with Gasteiger partial charge in [0.05, 0.1) is 0 Å². The Morgan fingerprint density at radius 2 is 2.44 bits per heavy atom. The molecule has 0 bridgehead atoms. The van der Waals surface area contributed by atoms with E-state index in [2.05, 4.69) is 22.1 Å². The van der Waals surface area contributed by atoms with Crippen molar-refractivity contribution in [3.05, 3.63) is 11.7 Å². The van der Waals surface area contributed by atoms with Crippen molar-refractivity contribution in [2.24, 2.45) is 11.7 Å². The van der Waals surface area contributed by atoms with Crippen LogP contribution >= 0.6 is 0 Å². The normalized spacial score (nSPS) is 21.8. The van der Waals surface area contributed by atoms with Crippen molar-refractivity contribution >= 4 is 0 Å². The SMILES string of the molecule is CN1CCC(Cc2nc(CCCN)no2)C1. The third-order valence-corrected chi connectivity index (χ3v) is 3.07. The van der Waals surface area contributed by atoms with Gasteiger partial charge in [0.25, 0.3) is 0 Å². The summed E-state index contributed by atoms with van der Waals surface area (Å²) < 4.78 is 5.24. The average Bonchev–Trinajstić information content (AvgIpc) is 2.86. The van der Waals surface area contributed by atoms with Crippen LogP contribution in [0.2, 0.25) is 0 Å². The number of hydrogen-bond donors (Lipinski definition) is 1. The van der Waals surface area contributed by atoms with E-state index in [4.69, 9.17) is 10.3 Å². The lowest BCUT2D eigenvalue weighted by Gasteiger charge is -2.06. The minimum absolute atomic E-state index is 0.674. The zero-order valence-corrected chi connectivity index (χ0v) is 9.85. The Labute approximate surface area is 96.0 Å². The van der Waals surface area contributed by atoms with Gasteiger partial charge in [0.15, 0.2) is 5.82 Å². The van der Waals surface area contributed by atoms with Crippen molar-refractivity contribution in [2.45, 2.75) is 25.7 Å². The van der Waals surface area contributed by atoms with Gasteiger partial charge >= 0.3 is 0 Å². The standard InChI is InChI=1S/C11H20N4O/c1-15-6-4-9(8-15)7-11-13-10(14-16-11)3-2-5-12/h9H,2-8,12H2,1H3. The van der Waals surface area contributed by atoms with Crippen molar-refractivity contribution in [1.82, 2.24) is 15.0 Å². The lowest BCUT2D eigenvalue weighted by Crippen LogP contribution is -2.15. The number of rotatable bonds is 5. The lowest BCUT2D eigenvalue weighted by molar-refractivity contribution is 0.341. The highest BCUT2D eigenvalue weighted by Crippen LogP contribution is 2.18. The largest absolute Gasteiger partial charge is 0.339 e. The monoisotopic (exact) mass is 224 g/mol. The summed E-state index contributed by atoms with van der Waals surface area (Å²) in [7, 11) is 2.15. The first-order chi connectivity index (χ1) is 7.78. The minimum Gasteiger partial charge on any atom is -0.339 e. The molecule has 1 aliphatic rings. The summed E-state index contributed by atoms with van der Waals surface area (Å²) in [5, 5.41) is 3.96. The second kappa shape index (κ2) is 5.41. The number of nitrogens with two attached hydrogens (primary N) is 1. The third-order valence-electron chi connectivity index (χ3n) is 3.07. The van der Waals surface area contributed by atoms with Crippen molar-refractivity contribution < 1.29 is 4.52 Å². The molecule has 2 N–H and O–H groups in total. The summed E-state index contributed by atoms with van der Waals surface area (Å²) in [6.45, 7) is 3.00. The second-order valence-corrected chi connectivity index (χ2v) is 4.62. The van der Waals surface area contributed by atoms with Crippen LogP contribution in [0.4, 0.5) is 0 Å². The molecule has 0 saturated carbocycles. The fourth-order valence-electron chi connectivity index (χ4n) is 2.17. The molecule has 5 nitrogen and oxygen atoms in total. The molecule has 0 amide bonds. The van der Waals surface area contributed by atoms with E-state index >= 15 is 0 Å². The Balaban J connectivity index is 1.83. The highest BCUT2D eigenvalue weighted by atomic mass is 16.5. The van der Waals surface area contributed by atoms with Crippen LogP contribution in [0.25, 0.3) is 0 Å². The Bertz CT molecular complexity index is 326. The van der Waals surface area contributed by atoms with Crippen LogP contribution in [-0.4, -0.2) is 41.7 Å². The average molecular weight is 224 g/mol. The maximum atomic E-state index is 5.44. The maximum absolute atomic E-state index is 5.44. The van der Waals surface area contributed by atoms with Crippen LogP contribution in [-0.2, 0) is 12.8 Å². The smallest absolute Gasteiger partial charge is 0.226 e. The van der Waals surface area contributed by atoms with E-state index in [9.17, 15) is 0 Å². The van der Waals surface area contributed by atoms with Gasteiger partial charge < -0.3 is 15.2 Å². The molecule has 1 unspecified atom stereocenters. The summed E-state index contributed by atoms with van der Waals surface area (Å²) in [4.78, 5) is 6.73.